The summed E-state index contributed by atoms with van der Waals surface area (Å²) in [6.07, 6.45) is -0.683. The molecule has 34 heavy (non-hydrogen) atoms. The average molecular weight is 452 g/mol. The molecule has 0 bridgehead atoms. The Labute approximate surface area is 200 Å². The van der Waals surface area contributed by atoms with Gasteiger partial charge >= 0.3 is 0 Å². The molecule has 2 aliphatic carbocycles. The molecule has 0 amide bonds. The SMILES string of the molecule is C[Si](C)(C)C#Cc1c2c(c3c4c([c]c5ccccc53)-c3ccccc3-c14)-c1ccccc1C2O. The highest BCUT2D eigenvalue weighted by molar-refractivity contribution is 6.83. The van der Waals surface area contributed by atoms with Crippen LogP contribution in [0.4, 0.5) is 0 Å². The highest BCUT2D eigenvalue weighted by Gasteiger charge is 2.37. The first kappa shape index (κ1) is 19.8. The van der Waals surface area contributed by atoms with E-state index in [0.717, 1.165) is 38.8 Å². The molecule has 0 aliphatic heterocycles. The van der Waals surface area contributed by atoms with Crippen LogP contribution in [0, 0.1) is 17.5 Å². The number of benzene rings is 5. The number of fused-ring (bicyclic) bond motifs is 9. The smallest absolute Gasteiger partial charge is 0.129 e. The fourth-order valence-electron chi connectivity index (χ4n) is 5.74. The van der Waals surface area contributed by atoms with E-state index in [-0.39, 0.29) is 0 Å². The minimum atomic E-state index is -1.65. The van der Waals surface area contributed by atoms with Crippen LogP contribution in [-0.2, 0) is 0 Å². The molecule has 0 spiro atoms. The fourth-order valence-corrected chi connectivity index (χ4v) is 6.24. The summed E-state index contributed by atoms with van der Waals surface area (Å²) in [6.45, 7) is 6.81. The summed E-state index contributed by atoms with van der Waals surface area (Å²) in [5.41, 5.74) is 13.5. The van der Waals surface area contributed by atoms with Crippen LogP contribution in [0.3, 0.4) is 0 Å². The van der Waals surface area contributed by atoms with Gasteiger partial charge in [0, 0.05) is 22.1 Å². The van der Waals surface area contributed by atoms with Crippen LogP contribution in [0.2, 0.25) is 19.6 Å². The summed E-state index contributed by atoms with van der Waals surface area (Å²) in [6, 6.07) is 29.2. The van der Waals surface area contributed by atoms with Crippen molar-refractivity contribution >= 4 is 29.6 Å². The van der Waals surface area contributed by atoms with Crippen molar-refractivity contribution in [1.82, 2.24) is 0 Å². The zero-order valence-corrected chi connectivity index (χ0v) is 20.5. The van der Waals surface area contributed by atoms with E-state index in [0.29, 0.717) is 0 Å². The topological polar surface area (TPSA) is 20.2 Å². The number of aliphatic hydroxyl groups is 1. The molecule has 2 aliphatic rings. The zero-order valence-electron chi connectivity index (χ0n) is 19.5. The molecule has 161 valence electrons. The van der Waals surface area contributed by atoms with Crippen molar-refractivity contribution in [3.8, 4) is 44.8 Å². The molecule has 0 saturated carbocycles. The summed E-state index contributed by atoms with van der Waals surface area (Å²) in [5.74, 6) is 3.62. The molecule has 1 N–H and O–H groups in total. The van der Waals surface area contributed by atoms with E-state index in [1.807, 2.05) is 6.07 Å². The Kier molecular flexibility index (Phi) is 3.90. The first-order chi connectivity index (χ1) is 16.4. The van der Waals surface area contributed by atoms with E-state index in [2.05, 4.69) is 104 Å². The lowest BCUT2D eigenvalue weighted by Gasteiger charge is -2.17. The Balaban J connectivity index is 1.79. The van der Waals surface area contributed by atoms with E-state index in [1.54, 1.807) is 0 Å². The van der Waals surface area contributed by atoms with Crippen LogP contribution in [0.5, 0.6) is 0 Å². The van der Waals surface area contributed by atoms with Gasteiger partial charge in [0.2, 0.25) is 0 Å². The highest BCUT2D eigenvalue weighted by atomic mass is 28.3. The van der Waals surface area contributed by atoms with Crippen LogP contribution in [0.25, 0.3) is 54.9 Å². The maximum atomic E-state index is 11.7. The predicted molar refractivity (Wildman–Crippen MR) is 144 cm³/mol. The predicted octanol–water partition coefficient (Wildman–Crippen LogP) is 7.73. The maximum Gasteiger partial charge on any atom is 0.129 e. The lowest BCUT2D eigenvalue weighted by atomic mass is 9.86. The number of aliphatic hydroxyl groups excluding tert-OH is 1. The highest BCUT2D eigenvalue weighted by Crippen LogP contribution is 2.58. The lowest BCUT2D eigenvalue weighted by molar-refractivity contribution is 0.225. The summed E-state index contributed by atoms with van der Waals surface area (Å²) >= 11 is 0. The van der Waals surface area contributed by atoms with E-state index in [1.165, 1.54) is 32.8 Å². The van der Waals surface area contributed by atoms with Crippen molar-refractivity contribution in [3.05, 3.63) is 95.6 Å². The minimum absolute atomic E-state index is 0.683. The lowest BCUT2D eigenvalue weighted by Crippen LogP contribution is -2.16. The molecule has 0 fully saturated rings. The van der Waals surface area contributed by atoms with Gasteiger partial charge in [-0.2, -0.15) is 0 Å². The Morgan fingerprint density at radius 2 is 1.44 bits per heavy atom. The summed E-state index contributed by atoms with van der Waals surface area (Å²) < 4.78 is 0. The number of hydrogen-bond donors (Lipinski definition) is 1. The first-order valence-corrected chi connectivity index (χ1v) is 15.3. The molecule has 0 saturated heterocycles. The van der Waals surface area contributed by atoms with Crippen molar-refractivity contribution in [2.75, 3.05) is 0 Å². The molecule has 1 unspecified atom stereocenters. The fraction of sp³-hybridized carbons (Fsp3) is 0.125. The Morgan fingerprint density at radius 1 is 0.765 bits per heavy atom. The van der Waals surface area contributed by atoms with E-state index in [4.69, 9.17) is 0 Å². The maximum absolute atomic E-state index is 11.7. The summed E-state index contributed by atoms with van der Waals surface area (Å²) in [5, 5.41) is 16.4. The van der Waals surface area contributed by atoms with Gasteiger partial charge in [0.1, 0.15) is 14.2 Å². The minimum Gasteiger partial charge on any atom is -0.384 e. The van der Waals surface area contributed by atoms with Gasteiger partial charge in [0.15, 0.2) is 0 Å². The molecule has 0 aromatic heterocycles. The van der Waals surface area contributed by atoms with Crippen LogP contribution in [0.15, 0.2) is 72.8 Å². The molecular weight excluding hydrogens is 428 g/mol. The van der Waals surface area contributed by atoms with Crippen LogP contribution < -0.4 is 0 Å². The van der Waals surface area contributed by atoms with Crippen LogP contribution in [0.1, 0.15) is 22.8 Å². The van der Waals surface area contributed by atoms with Gasteiger partial charge in [-0.05, 0) is 55.6 Å². The van der Waals surface area contributed by atoms with Crippen molar-refractivity contribution in [2.24, 2.45) is 0 Å². The van der Waals surface area contributed by atoms with Gasteiger partial charge in [-0.3, -0.25) is 0 Å². The third-order valence-electron chi connectivity index (χ3n) is 7.07. The molecule has 1 atom stereocenters. The summed E-state index contributed by atoms with van der Waals surface area (Å²) in [4.78, 5) is 0. The number of hydrogen-bond acceptors (Lipinski definition) is 1. The van der Waals surface area contributed by atoms with Gasteiger partial charge < -0.3 is 5.11 Å². The molecule has 7 rings (SSSR count). The Bertz CT molecular complexity index is 1760. The number of rotatable bonds is 0. The van der Waals surface area contributed by atoms with E-state index in [9.17, 15) is 5.11 Å². The van der Waals surface area contributed by atoms with Gasteiger partial charge in [-0.25, -0.2) is 0 Å². The van der Waals surface area contributed by atoms with Gasteiger partial charge in [0.25, 0.3) is 0 Å². The average Bonchev–Trinajstić information content (AvgIpc) is 3.32. The molecule has 0 heterocycles. The summed E-state index contributed by atoms with van der Waals surface area (Å²) in [7, 11) is -1.65. The quantitative estimate of drug-likeness (QED) is 0.142. The second-order valence-electron chi connectivity index (χ2n) is 10.4. The van der Waals surface area contributed by atoms with Crippen molar-refractivity contribution in [2.45, 2.75) is 25.7 Å². The Morgan fingerprint density at radius 3 is 2.24 bits per heavy atom. The van der Waals surface area contributed by atoms with Crippen LogP contribution in [-0.4, -0.2) is 13.2 Å². The van der Waals surface area contributed by atoms with Crippen molar-refractivity contribution in [3.63, 3.8) is 0 Å². The molecule has 1 radical (unpaired) electrons. The normalized spacial score (nSPS) is 15.1. The Hall–Kier alpha value is -3.64. The second kappa shape index (κ2) is 6.70. The molecular formula is C32H23OSi. The van der Waals surface area contributed by atoms with Crippen molar-refractivity contribution < 1.29 is 5.11 Å². The monoisotopic (exact) mass is 451 g/mol. The standard InChI is InChI=1S/C32H23OSi/c1-34(2,3)17-16-25-27-22-13-7-6-12-21(22)26-18-19-10-4-5-11-20(19)28(30(26)27)29-23-14-8-9-15-24(23)32(33)31(25)29/h4-15,32-33H,1-3H3. The molecule has 5 aromatic rings. The molecule has 2 heteroatoms. The van der Waals surface area contributed by atoms with Gasteiger partial charge in [-0.1, -0.05) is 98.4 Å². The third kappa shape index (κ3) is 2.54. The van der Waals surface area contributed by atoms with Gasteiger partial charge in [-0.15, -0.1) is 5.54 Å². The first-order valence-electron chi connectivity index (χ1n) is 11.8. The van der Waals surface area contributed by atoms with Crippen LogP contribution >= 0.6 is 0 Å². The van der Waals surface area contributed by atoms with E-state index < -0.39 is 14.2 Å². The van der Waals surface area contributed by atoms with E-state index >= 15 is 0 Å². The second-order valence-corrected chi connectivity index (χ2v) is 15.1. The van der Waals surface area contributed by atoms with Crippen molar-refractivity contribution in [1.29, 1.82) is 0 Å². The third-order valence-corrected chi connectivity index (χ3v) is 7.95. The molecule has 1 nitrogen and oxygen atoms in total. The largest absolute Gasteiger partial charge is 0.384 e. The zero-order chi connectivity index (χ0) is 23.2. The van der Waals surface area contributed by atoms with Gasteiger partial charge in [0.05, 0.1) is 0 Å². The molecule has 5 aromatic carbocycles.